The van der Waals surface area contributed by atoms with Gasteiger partial charge in [-0.1, -0.05) is 29.8 Å². The van der Waals surface area contributed by atoms with Crippen LogP contribution in [0.5, 0.6) is 0 Å². The fourth-order valence-electron chi connectivity index (χ4n) is 1.95. The summed E-state index contributed by atoms with van der Waals surface area (Å²) in [4.78, 5) is 0. The predicted octanol–water partition coefficient (Wildman–Crippen LogP) is 2.39. The second kappa shape index (κ2) is 5.15. The Balaban J connectivity index is 1.95. The highest BCUT2D eigenvalue weighted by atomic mass is 16.3. The van der Waals surface area contributed by atoms with Gasteiger partial charge in [0.15, 0.2) is 0 Å². The van der Waals surface area contributed by atoms with E-state index in [4.69, 9.17) is 0 Å². The molecule has 0 saturated carbocycles. The minimum absolute atomic E-state index is 0.393. The van der Waals surface area contributed by atoms with Gasteiger partial charge in [-0.3, -0.25) is 4.68 Å². The van der Waals surface area contributed by atoms with Gasteiger partial charge in [-0.2, -0.15) is 5.10 Å². The molecule has 0 saturated heterocycles. The van der Waals surface area contributed by atoms with Crippen LogP contribution in [0.2, 0.25) is 0 Å². The first-order valence-corrected chi connectivity index (χ1v) is 5.87. The zero-order chi connectivity index (χ0) is 12.3. The number of hydrogen-bond acceptors (Lipinski definition) is 2. The van der Waals surface area contributed by atoms with Gasteiger partial charge in [-0.25, -0.2) is 0 Å². The maximum Gasteiger partial charge on any atom is 0.0793 e. The summed E-state index contributed by atoms with van der Waals surface area (Å²) in [6.07, 6.45) is 5.03. The summed E-state index contributed by atoms with van der Waals surface area (Å²) in [5.41, 5.74) is 3.34. The quantitative estimate of drug-likeness (QED) is 0.875. The third-order valence-electron chi connectivity index (χ3n) is 2.89. The van der Waals surface area contributed by atoms with E-state index in [-0.39, 0.29) is 0 Å². The molecule has 0 aliphatic rings. The van der Waals surface area contributed by atoms with Crippen LogP contribution in [0.1, 0.15) is 29.2 Å². The molecular weight excluding hydrogens is 212 g/mol. The van der Waals surface area contributed by atoms with Crippen LogP contribution < -0.4 is 0 Å². The van der Waals surface area contributed by atoms with Gasteiger partial charge >= 0.3 is 0 Å². The molecule has 1 unspecified atom stereocenters. The number of benzene rings is 1. The molecule has 1 aromatic carbocycles. The van der Waals surface area contributed by atoms with Crippen molar-refractivity contribution < 1.29 is 5.11 Å². The first-order valence-electron chi connectivity index (χ1n) is 5.87. The Labute approximate surface area is 102 Å². The highest BCUT2D eigenvalue weighted by Crippen LogP contribution is 2.19. The smallest absolute Gasteiger partial charge is 0.0793 e. The lowest BCUT2D eigenvalue weighted by Crippen LogP contribution is -1.99. The van der Waals surface area contributed by atoms with Crippen LogP contribution in [-0.2, 0) is 13.5 Å². The summed E-state index contributed by atoms with van der Waals surface area (Å²) in [6.45, 7) is 2.04. The minimum Gasteiger partial charge on any atom is -0.388 e. The monoisotopic (exact) mass is 230 g/mol. The lowest BCUT2D eigenvalue weighted by atomic mass is 10.0. The number of aliphatic hydroxyl groups is 1. The molecule has 1 aromatic heterocycles. The van der Waals surface area contributed by atoms with E-state index in [9.17, 15) is 5.11 Å². The van der Waals surface area contributed by atoms with Crippen LogP contribution >= 0.6 is 0 Å². The second-order valence-corrected chi connectivity index (χ2v) is 4.49. The van der Waals surface area contributed by atoms with Gasteiger partial charge in [-0.05, 0) is 30.9 Å². The summed E-state index contributed by atoms with van der Waals surface area (Å²) in [5, 5.41) is 14.2. The third-order valence-corrected chi connectivity index (χ3v) is 2.89. The van der Waals surface area contributed by atoms with E-state index in [0.717, 1.165) is 18.4 Å². The van der Waals surface area contributed by atoms with Crippen molar-refractivity contribution in [3.05, 3.63) is 53.3 Å². The molecule has 0 aliphatic heterocycles. The highest BCUT2D eigenvalue weighted by molar-refractivity contribution is 5.24. The number of aryl methyl sites for hydroxylation is 3. The maximum absolute atomic E-state index is 10.1. The van der Waals surface area contributed by atoms with Crippen molar-refractivity contribution in [1.82, 2.24) is 9.78 Å². The summed E-state index contributed by atoms with van der Waals surface area (Å²) in [5.74, 6) is 0. The zero-order valence-electron chi connectivity index (χ0n) is 10.3. The van der Waals surface area contributed by atoms with Crippen LogP contribution in [0.4, 0.5) is 0 Å². The molecule has 3 heteroatoms. The number of rotatable bonds is 4. The SMILES string of the molecule is Cc1cccc(C(O)CCc2cnn(C)c2)c1. The molecular formula is C14H18N2O. The van der Waals surface area contributed by atoms with Crippen LogP contribution in [0.25, 0.3) is 0 Å². The molecule has 3 nitrogen and oxygen atoms in total. The molecule has 2 aromatic rings. The number of aromatic nitrogens is 2. The van der Waals surface area contributed by atoms with Gasteiger partial charge in [0.25, 0.3) is 0 Å². The third kappa shape index (κ3) is 3.17. The Hall–Kier alpha value is -1.61. The van der Waals surface area contributed by atoms with Crippen molar-refractivity contribution in [2.45, 2.75) is 25.9 Å². The standard InChI is InChI=1S/C14H18N2O/c1-11-4-3-5-13(8-11)14(17)7-6-12-9-15-16(2)10-12/h3-5,8-10,14,17H,6-7H2,1-2H3. The van der Waals surface area contributed by atoms with E-state index in [1.54, 1.807) is 4.68 Å². The first-order chi connectivity index (χ1) is 8.15. The summed E-state index contributed by atoms with van der Waals surface area (Å²) in [6, 6.07) is 8.03. The van der Waals surface area contributed by atoms with Crippen molar-refractivity contribution >= 4 is 0 Å². The maximum atomic E-state index is 10.1. The van der Waals surface area contributed by atoms with Gasteiger partial charge in [0.05, 0.1) is 12.3 Å². The fraction of sp³-hybridized carbons (Fsp3) is 0.357. The summed E-state index contributed by atoms with van der Waals surface area (Å²) >= 11 is 0. The van der Waals surface area contributed by atoms with Gasteiger partial charge in [0.1, 0.15) is 0 Å². The topological polar surface area (TPSA) is 38.1 Å². The van der Waals surface area contributed by atoms with Crippen molar-refractivity contribution in [2.75, 3.05) is 0 Å². The molecule has 90 valence electrons. The van der Waals surface area contributed by atoms with E-state index in [2.05, 4.69) is 5.10 Å². The highest BCUT2D eigenvalue weighted by Gasteiger charge is 2.08. The van der Waals surface area contributed by atoms with Crippen molar-refractivity contribution in [1.29, 1.82) is 0 Å². The van der Waals surface area contributed by atoms with Crippen LogP contribution in [0.3, 0.4) is 0 Å². The molecule has 0 spiro atoms. The summed E-state index contributed by atoms with van der Waals surface area (Å²) < 4.78 is 1.79. The van der Waals surface area contributed by atoms with E-state index >= 15 is 0 Å². The fourth-order valence-corrected chi connectivity index (χ4v) is 1.95. The van der Waals surface area contributed by atoms with E-state index in [0.29, 0.717) is 0 Å². The lowest BCUT2D eigenvalue weighted by molar-refractivity contribution is 0.168. The van der Waals surface area contributed by atoms with E-state index < -0.39 is 6.10 Å². The Morgan fingerprint density at radius 1 is 1.41 bits per heavy atom. The van der Waals surface area contributed by atoms with Crippen LogP contribution in [0, 0.1) is 6.92 Å². The Morgan fingerprint density at radius 2 is 2.24 bits per heavy atom. The van der Waals surface area contributed by atoms with E-state index in [1.165, 1.54) is 11.1 Å². The van der Waals surface area contributed by atoms with Gasteiger partial charge < -0.3 is 5.11 Å². The van der Waals surface area contributed by atoms with Gasteiger partial charge in [0, 0.05) is 13.2 Å². The molecule has 0 aliphatic carbocycles. The first kappa shape index (κ1) is 11.9. The average molecular weight is 230 g/mol. The molecule has 0 bridgehead atoms. The normalized spacial score (nSPS) is 12.6. The largest absolute Gasteiger partial charge is 0.388 e. The molecule has 0 radical (unpaired) electrons. The molecule has 2 rings (SSSR count). The molecule has 1 N–H and O–H groups in total. The molecule has 0 amide bonds. The van der Waals surface area contributed by atoms with Crippen LogP contribution in [-0.4, -0.2) is 14.9 Å². The molecule has 17 heavy (non-hydrogen) atoms. The van der Waals surface area contributed by atoms with E-state index in [1.807, 2.05) is 50.6 Å². The molecule has 1 heterocycles. The van der Waals surface area contributed by atoms with Crippen LogP contribution in [0.15, 0.2) is 36.7 Å². The van der Waals surface area contributed by atoms with Gasteiger partial charge in [0.2, 0.25) is 0 Å². The van der Waals surface area contributed by atoms with Crippen molar-refractivity contribution in [2.24, 2.45) is 7.05 Å². The Morgan fingerprint density at radius 3 is 2.88 bits per heavy atom. The van der Waals surface area contributed by atoms with Crippen molar-refractivity contribution in [3.63, 3.8) is 0 Å². The summed E-state index contributed by atoms with van der Waals surface area (Å²) in [7, 11) is 1.90. The molecule has 1 atom stereocenters. The molecule has 0 fully saturated rings. The van der Waals surface area contributed by atoms with Crippen molar-refractivity contribution in [3.8, 4) is 0 Å². The van der Waals surface area contributed by atoms with Gasteiger partial charge in [-0.15, -0.1) is 0 Å². The Bertz CT molecular complexity index is 490. The number of hydrogen-bond donors (Lipinski definition) is 1. The lowest BCUT2D eigenvalue weighted by Gasteiger charge is -2.10. The average Bonchev–Trinajstić information content (AvgIpc) is 2.72. The number of nitrogens with zero attached hydrogens (tertiary/aromatic N) is 2. The zero-order valence-corrected chi connectivity index (χ0v) is 10.3. The number of aliphatic hydroxyl groups excluding tert-OH is 1. The minimum atomic E-state index is -0.393. The predicted molar refractivity (Wildman–Crippen MR) is 67.7 cm³/mol. The Kier molecular flexibility index (Phi) is 3.59. The second-order valence-electron chi connectivity index (χ2n) is 4.49.